The molecule has 2 rings (SSSR count). The molecule has 0 amide bonds. The van der Waals surface area contributed by atoms with Gasteiger partial charge in [0.25, 0.3) is 0 Å². The Kier molecular flexibility index (Phi) is 4.11. The van der Waals surface area contributed by atoms with E-state index in [-0.39, 0.29) is 0 Å². The van der Waals surface area contributed by atoms with E-state index >= 15 is 0 Å². The summed E-state index contributed by atoms with van der Waals surface area (Å²) in [5.41, 5.74) is 0. The predicted octanol–water partition coefficient (Wildman–Crippen LogP) is 2.11. The number of rotatable bonds is 3. The second-order valence-electron chi connectivity index (χ2n) is 3.99. The Morgan fingerprint density at radius 3 is 3.27 bits per heavy atom. The Bertz CT molecular complexity index is 293. The quantitative estimate of drug-likeness (QED) is 0.857. The van der Waals surface area contributed by atoms with Crippen LogP contribution in [0.4, 0.5) is 0 Å². The van der Waals surface area contributed by atoms with Crippen LogP contribution in [0.25, 0.3) is 0 Å². The summed E-state index contributed by atoms with van der Waals surface area (Å²) in [6, 6.07) is 0.608. The fourth-order valence-electron chi connectivity index (χ4n) is 1.82. The lowest BCUT2D eigenvalue weighted by atomic mass is 10.1. The molecule has 0 bridgehead atoms. The largest absolute Gasteiger partial charge is 0.381 e. The molecule has 1 aromatic rings. The first-order valence-electron chi connectivity index (χ1n) is 5.57. The molecule has 0 spiro atoms. The molecule has 0 radical (unpaired) electrons. The van der Waals surface area contributed by atoms with Gasteiger partial charge in [-0.15, -0.1) is 11.3 Å². The summed E-state index contributed by atoms with van der Waals surface area (Å²) < 4.78 is 5.43. The van der Waals surface area contributed by atoms with Gasteiger partial charge in [0.1, 0.15) is 5.01 Å². The van der Waals surface area contributed by atoms with E-state index in [0.717, 1.165) is 26.2 Å². The topological polar surface area (TPSA) is 34.2 Å². The number of nitrogens with zero attached hydrogens (tertiary/aromatic N) is 1. The maximum atomic E-state index is 5.43. The van der Waals surface area contributed by atoms with Crippen LogP contribution in [-0.2, 0) is 11.3 Å². The van der Waals surface area contributed by atoms with Crippen LogP contribution < -0.4 is 5.32 Å². The van der Waals surface area contributed by atoms with E-state index in [1.807, 2.05) is 6.20 Å². The van der Waals surface area contributed by atoms with Crippen LogP contribution in [0.1, 0.15) is 29.1 Å². The Hall–Kier alpha value is -0.450. The van der Waals surface area contributed by atoms with Crippen molar-refractivity contribution < 1.29 is 4.74 Å². The van der Waals surface area contributed by atoms with Gasteiger partial charge in [0.15, 0.2) is 0 Å². The summed E-state index contributed by atoms with van der Waals surface area (Å²) in [4.78, 5) is 5.64. The second-order valence-corrected chi connectivity index (χ2v) is 5.31. The van der Waals surface area contributed by atoms with Crippen molar-refractivity contribution in [1.82, 2.24) is 10.3 Å². The lowest BCUT2D eigenvalue weighted by Crippen LogP contribution is -2.28. The summed E-state index contributed by atoms with van der Waals surface area (Å²) >= 11 is 1.78. The summed E-state index contributed by atoms with van der Waals surface area (Å²) in [7, 11) is 0. The Balaban J connectivity index is 1.76. The highest BCUT2D eigenvalue weighted by atomic mass is 32.1. The van der Waals surface area contributed by atoms with Crippen LogP contribution in [0, 0.1) is 6.92 Å². The molecule has 15 heavy (non-hydrogen) atoms. The highest BCUT2D eigenvalue weighted by Crippen LogP contribution is 2.13. The van der Waals surface area contributed by atoms with E-state index in [4.69, 9.17) is 4.74 Å². The number of thiazole rings is 1. The van der Waals surface area contributed by atoms with Crippen molar-refractivity contribution in [1.29, 1.82) is 0 Å². The van der Waals surface area contributed by atoms with Crippen molar-refractivity contribution in [3.63, 3.8) is 0 Å². The van der Waals surface area contributed by atoms with Gasteiger partial charge in [-0.3, -0.25) is 0 Å². The third-order valence-electron chi connectivity index (χ3n) is 2.66. The van der Waals surface area contributed by atoms with Crippen molar-refractivity contribution in [3.05, 3.63) is 16.1 Å². The monoisotopic (exact) mass is 226 g/mol. The molecular weight excluding hydrogens is 208 g/mol. The van der Waals surface area contributed by atoms with Crippen molar-refractivity contribution in [2.75, 3.05) is 13.2 Å². The van der Waals surface area contributed by atoms with Gasteiger partial charge in [-0.05, 0) is 26.2 Å². The Labute approximate surface area is 94.9 Å². The molecule has 0 aromatic carbocycles. The second kappa shape index (κ2) is 5.58. The zero-order valence-corrected chi connectivity index (χ0v) is 9.98. The molecule has 1 aromatic heterocycles. The van der Waals surface area contributed by atoms with Gasteiger partial charge < -0.3 is 10.1 Å². The molecule has 4 heteroatoms. The molecular formula is C11H18N2OS. The fourth-order valence-corrected chi connectivity index (χ4v) is 2.56. The third kappa shape index (κ3) is 3.55. The molecule has 0 aliphatic carbocycles. The highest BCUT2D eigenvalue weighted by molar-refractivity contribution is 7.11. The molecule has 2 heterocycles. The van der Waals surface area contributed by atoms with Crippen molar-refractivity contribution in [3.8, 4) is 0 Å². The van der Waals surface area contributed by atoms with E-state index in [2.05, 4.69) is 17.2 Å². The normalized spacial score (nSPS) is 22.6. The minimum absolute atomic E-state index is 0.608. The molecule has 1 atom stereocenters. The number of hydrogen-bond donors (Lipinski definition) is 1. The number of nitrogens with one attached hydrogen (secondary N) is 1. The molecule has 1 aliphatic heterocycles. The van der Waals surface area contributed by atoms with E-state index in [9.17, 15) is 0 Å². The van der Waals surface area contributed by atoms with Crippen LogP contribution in [0.2, 0.25) is 0 Å². The number of ether oxygens (including phenoxy) is 1. The van der Waals surface area contributed by atoms with Gasteiger partial charge in [0, 0.05) is 36.9 Å². The van der Waals surface area contributed by atoms with Crippen LogP contribution in [0.5, 0.6) is 0 Å². The van der Waals surface area contributed by atoms with Gasteiger partial charge in [0.2, 0.25) is 0 Å². The SMILES string of the molecule is Cc1cnc(CNC2CCCOCC2)s1. The Morgan fingerprint density at radius 2 is 2.47 bits per heavy atom. The van der Waals surface area contributed by atoms with E-state index in [1.165, 1.54) is 22.7 Å². The molecule has 1 fully saturated rings. The summed E-state index contributed by atoms with van der Waals surface area (Å²) in [6.07, 6.45) is 5.47. The van der Waals surface area contributed by atoms with Gasteiger partial charge in [-0.25, -0.2) is 4.98 Å². The van der Waals surface area contributed by atoms with Crippen LogP contribution in [0.15, 0.2) is 6.20 Å². The maximum Gasteiger partial charge on any atom is 0.107 e. The van der Waals surface area contributed by atoms with E-state index in [0.29, 0.717) is 6.04 Å². The average Bonchev–Trinajstić information content (AvgIpc) is 2.52. The number of aromatic nitrogens is 1. The molecule has 1 unspecified atom stereocenters. The molecule has 1 aliphatic rings. The summed E-state index contributed by atoms with van der Waals surface area (Å²) in [5, 5.41) is 4.75. The zero-order chi connectivity index (χ0) is 10.5. The lowest BCUT2D eigenvalue weighted by molar-refractivity contribution is 0.142. The van der Waals surface area contributed by atoms with Crippen molar-refractivity contribution in [2.45, 2.75) is 38.8 Å². The van der Waals surface area contributed by atoms with Gasteiger partial charge >= 0.3 is 0 Å². The molecule has 1 saturated heterocycles. The highest BCUT2D eigenvalue weighted by Gasteiger charge is 2.12. The standard InChI is InChI=1S/C11H18N2OS/c1-9-7-13-11(15-9)8-12-10-3-2-5-14-6-4-10/h7,10,12H,2-6,8H2,1H3. The lowest BCUT2D eigenvalue weighted by Gasteiger charge is -2.14. The third-order valence-corrected chi connectivity index (χ3v) is 3.58. The van der Waals surface area contributed by atoms with Crippen molar-refractivity contribution >= 4 is 11.3 Å². The molecule has 3 nitrogen and oxygen atoms in total. The smallest absolute Gasteiger partial charge is 0.107 e. The predicted molar refractivity (Wildman–Crippen MR) is 62.1 cm³/mol. The Morgan fingerprint density at radius 1 is 1.53 bits per heavy atom. The number of aryl methyl sites for hydroxylation is 1. The van der Waals surface area contributed by atoms with Gasteiger partial charge in [-0.2, -0.15) is 0 Å². The molecule has 0 saturated carbocycles. The summed E-state index contributed by atoms with van der Waals surface area (Å²) in [5.74, 6) is 0. The zero-order valence-electron chi connectivity index (χ0n) is 9.16. The fraction of sp³-hybridized carbons (Fsp3) is 0.727. The van der Waals surface area contributed by atoms with Crippen molar-refractivity contribution in [2.24, 2.45) is 0 Å². The first-order chi connectivity index (χ1) is 7.34. The van der Waals surface area contributed by atoms with E-state index < -0.39 is 0 Å². The van der Waals surface area contributed by atoms with Crippen LogP contribution in [0.3, 0.4) is 0 Å². The first kappa shape index (κ1) is 11.0. The van der Waals surface area contributed by atoms with Crippen LogP contribution >= 0.6 is 11.3 Å². The number of hydrogen-bond acceptors (Lipinski definition) is 4. The maximum absolute atomic E-state index is 5.43. The minimum atomic E-state index is 0.608. The average molecular weight is 226 g/mol. The van der Waals surface area contributed by atoms with Gasteiger partial charge in [-0.1, -0.05) is 0 Å². The molecule has 1 N–H and O–H groups in total. The first-order valence-corrected chi connectivity index (χ1v) is 6.38. The van der Waals surface area contributed by atoms with Crippen LogP contribution in [-0.4, -0.2) is 24.2 Å². The van der Waals surface area contributed by atoms with E-state index in [1.54, 1.807) is 11.3 Å². The molecule has 84 valence electrons. The minimum Gasteiger partial charge on any atom is -0.381 e. The summed E-state index contributed by atoms with van der Waals surface area (Å²) in [6.45, 7) is 4.83. The van der Waals surface area contributed by atoms with Gasteiger partial charge in [0.05, 0.1) is 0 Å².